The standard InChI is InChI=1S/C33H31N5OS/c1-21-16-18-35-30(19-21)37-23(3)20-27(24(37)4)32-31(28-10-7-8-17-34-28)36-33(40)38(32)25-12-14-26(15-13-25)39-29-11-6-5-9-22(29)2/h5-20,31-32H,1-4H3,(H,36,40)/t31-,32+/m1/s1. The Morgan fingerprint density at radius 1 is 0.825 bits per heavy atom. The fraction of sp³-hybridized carbons (Fsp3) is 0.182. The first kappa shape index (κ1) is 25.8. The van der Waals surface area contributed by atoms with E-state index in [1.807, 2.05) is 73.9 Å². The van der Waals surface area contributed by atoms with Crippen molar-refractivity contribution >= 4 is 23.0 Å². The number of aromatic nitrogens is 3. The van der Waals surface area contributed by atoms with Crippen molar-refractivity contribution in [2.45, 2.75) is 39.8 Å². The van der Waals surface area contributed by atoms with E-state index in [1.165, 1.54) is 11.1 Å². The van der Waals surface area contributed by atoms with Crippen LogP contribution in [0.5, 0.6) is 11.5 Å². The number of nitrogens with one attached hydrogen (secondary N) is 1. The summed E-state index contributed by atoms with van der Waals surface area (Å²) in [6.45, 7) is 8.41. The van der Waals surface area contributed by atoms with E-state index in [-0.39, 0.29) is 12.1 Å². The number of aryl methyl sites for hydroxylation is 3. The zero-order valence-electron chi connectivity index (χ0n) is 23.0. The molecule has 0 saturated carbocycles. The van der Waals surface area contributed by atoms with E-state index in [4.69, 9.17) is 21.9 Å². The van der Waals surface area contributed by atoms with Gasteiger partial charge in [-0.1, -0.05) is 24.3 Å². The van der Waals surface area contributed by atoms with Crippen LogP contribution in [0.3, 0.4) is 0 Å². The van der Waals surface area contributed by atoms with Crippen molar-refractivity contribution in [1.29, 1.82) is 0 Å². The van der Waals surface area contributed by atoms with Crippen LogP contribution in [0.2, 0.25) is 0 Å². The number of ether oxygens (including phenoxy) is 1. The van der Waals surface area contributed by atoms with E-state index in [0.29, 0.717) is 5.11 Å². The number of anilines is 1. The number of thiocarbonyl (C=S) groups is 1. The second kappa shape index (κ2) is 10.6. The van der Waals surface area contributed by atoms with Crippen LogP contribution in [0.4, 0.5) is 5.69 Å². The molecule has 1 saturated heterocycles. The number of hydrogen-bond donors (Lipinski definition) is 1. The Hall–Kier alpha value is -4.49. The van der Waals surface area contributed by atoms with E-state index in [9.17, 15) is 0 Å². The number of rotatable bonds is 6. The molecule has 3 aromatic heterocycles. The number of para-hydroxylation sites is 1. The molecule has 4 heterocycles. The minimum atomic E-state index is -0.129. The van der Waals surface area contributed by atoms with Gasteiger partial charge in [0.05, 0.1) is 17.8 Å². The Balaban J connectivity index is 1.42. The summed E-state index contributed by atoms with van der Waals surface area (Å²) in [6, 6.07) is 28.3. The topological polar surface area (TPSA) is 55.2 Å². The molecule has 0 radical (unpaired) electrons. The first-order valence-electron chi connectivity index (χ1n) is 13.4. The predicted molar refractivity (Wildman–Crippen MR) is 163 cm³/mol. The van der Waals surface area contributed by atoms with Crippen molar-refractivity contribution in [2.75, 3.05) is 4.90 Å². The van der Waals surface area contributed by atoms with Gasteiger partial charge in [-0.3, -0.25) is 4.98 Å². The lowest BCUT2D eigenvalue weighted by Crippen LogP contribution is -2.29. The lowest BCUT2D eigenvalue weighted by Gasteiger charge is -2.28. The van der Waals surface area contributed by atoms with Crippen LogP contribution in [0.1, 0.15) is 45.9 Å². The summed E-state index contributed by atoms with van der Waals surface area (Å²) < 4.78 is 8.38. The van der Waals surface area contributed by atoms with Gasteiger partial charge in [-0.2, -0.15) is 0 Å². The Morgan fingerprint density at radius 2 is 1.60 bits per heavy atom. The van der Waals surface area contributed by atoms with Gasteiger partial charge >= 0.3 is 0 Å². The maximum absolute atomic E-state index is 6.17. The zero-order valence-corrected chi connectivity index (χ0v) is 23.8. The third-order valence-electron chi connectivity index (χ3n) is 7.45. The molecule has 7 heteroatoms. The number of nitrogens with zero attached hydrogens (tertiary/aromatic N) is 4. The molecule has 5 aromatic rings. The lowest BCUT2D eigenvalue weighted by molar-refractivity contribution is 0.479. The molecular weight excluding hydrogens is 514 g/mol. The predicted octanol–water partition coefficient (Wildman–Crippen LogP) is 7.47. The molecule has 6 nitrogen and oxygen atoms in total. The van der Waals surface area contributed by atoms with Crippen LogP contribution >= 0.6 is 12.2 Å². The molecule has 1 N–H and O–H groups in total. The monoisotopic (exact) mass is 545 g/mol. The first-order valence-corrected chi connectivity index (χ1v) is 13.8. The smallest absolute Gasteiger partial charge is 0.174 e. The highest BCUT2D eigenvalue weighted by Gasteiger charge is 2.42. The van der Waals surface area contributed by atoms with Gasteiger partial charge in [0.2, 0.25) is 0 Å². The molecule has 1 aliphatic rings. The summed E-state index contributed by atoms with van der Waals surface area (Å²) in [6.07, 6.45) is 3.69. The Morgan fingerprint density at radius 3 is 2.33 bits per heavy atom. The minimum Gasteiger partial charge on any atom is -0.457 e. The molecule has 2 aromatic carbocycles. The van der Waals surface area contributed by atoms with E-state index in [1.54, 1.807) is 0 Å². The summed E-state index contributed by atoms with van der Waals surface area (Å²) in [5.74, 6) is 2.53. The highest BCUT2D eigenvalue weighted by atomic mass is 32.1. The van der Waals surface area contributed by atoms with Crippen molar-refractivity contribution in [3.8, 4) is 17.3 Å². The molecule has 200 valence electrons. The van der Waals surface area contributed by atoms with Crippen LogP contribution < -0.4 is 15.0 Å². The molecule has 2 atom stereocenters. The summed E-state index contributed by atoms with van der Waals surface area (Å²) in [5.41, 5.74) is 7.59. The molecule has 40 heavy (non-hydrogen) atoms. The quantitative estimate of drug-likeness (QED) is 0.223. The Labute approximate surface area is 240 Å². The molecule has 0 aliphatic carbocycles. The summed E-state index contributed by atoms with van der Waals surface area (Å²) >= 11 is 5.96. The zero-order chi connectivity index (χ0) is 27.8. The van der Waals surface area contributed by atoms with Crippen LogP contribution in [0.15, 0.2) is 97.3 Å². The fourth-order valence-electron chi connectivity index (χ4n) is 5.50. The lowest BCUT2D eigenvalue weighted by atomic mass is 9.96. The van der Waals surface area contributed by atoms with E-state index >= 15 is 0 Å². The third-order valence-corrected chi connectivity index (χ3v) is 7.77. The van der Waals surface area contributed by atoms with Gasteiger partial charge in [0.15, 0.2) is 5.11 Å². The highest BCUT2D eigenvalue weighted by Crippen LogP contribution is 2.44. The average Bonchev–Trinajstić information content (AvgIpc) is 3.45. The largest absolute Gasteiger partial charge is 0.457 e. The normalized spacial score (nSPS) is 16.7. The molecule has 0 spiro atoms. The van der Waals surface area contributed by atoms with Gasteiger partial charge in [0, 0.05) is 29.5 Å². The maximum Gasteiger partial charge on any atom is 0.174 e. The molecule has 0 amide bonds. The van der Waals surface area contributed by atoms with Gasteiger partial charge in [-0.25, -0.2) is 4.98 Å². The first-order chi connectivity index (χ1) is 19.4. The molecule has 0 unspecified atom stereocenters. The fourth-order valence-corrected chi connectivity index (χ4v) is 5.85. The Kier molecular flexibility index (Phi) is 6.82. The Bertz CT molecular complexity index is 1680. The van der Waals surface area contributed by atoms with Gasteiger partial charge in [-0.05, 0) is 117 Å². The summed E-state index contributed by atoms with van der Waals surface area (Å²) in [5, 5.41) is 4.23. The van der Waals surface area contributed by atoms with Crippen molar-refractivity contribution in [3.63, 3.8) is 0 Å². The van der Waals surface area contributed by atoms with Gasteiger partial charge < -0.3 is 19.5 Å². The molecule has 1 aliphatic heterocycles. The average molecular weight is 546 g/mol. The summed E-state index contributed by atoms with van der Waals surface area (Å²) in [4.78, 5) is 11.6. The molecule has 1 fully saturated rings. The SMILES string of the molecule is Cc1ccnc(-n2c(C)cc([C@H]3[C@@H](c4ccccn4)NC(=S)N3c3ccc(Oc4ccccc4C)cc3)c2C)c1. The number of hydrogen-bond acceptors (Lipinski definition) is 4. The van der Waals surface area contributed by atoms with E-state index in [0.717, 1.165) is 45.6 Å². The minimum absolute atomic E-state index is 0.115. The van der Waals surface area contributed by atoms with Crippen molar-refractivity contribution in [2.24, 2.45) is 0 Å². The second-order valence-corrected chi connectivity index (χ2v) is 10.6. The van der Waals surface area contributed by atoms with E-state index < -0.39 is 0 Å². The van der Waals surface area contributed by atoms with Gasteiger partial charge in [-0.15, -0.1) is 0 Å². The third kappa shape index (κ3) is 4.73. The highest BCUT2D eigenvalue weighted by molar-refractivity contribution is 7.80. The molecule has 0 bridgehead atoms. The summed E-state index contributed by atoms with van der Waals surface area (Å²) in [7, 11) is 0. The van der Waals surface area contributed by atoms with Crippen LogP contribution in [-0.4, -0.2) is 19.6 Å². The van der Waals surface area contributed by atoms with Crippen LogP contribution in [-0.2, 0) is 0 Å². The molecular formula is C33H31N5OS. The number of pyridine rings is 2. The van der Waals surface area contributed by atoms with Crippen molar-refractivity contribution < 1.29 is 4.74 Å². The maximum atomic E-state index is 6.17. The van der Waals surface area contributed by atoms with Crippen molar-refractivity contribution in [3.05, 3.63) is 131 Å². The van der Waals surface area contributed by atoms with Crippen LogP contribution in [0, 0.1) is 27.7 Å². The van der Waals surface area contributed by atoms with Crippen molar-refractivity contribution in [1.82, 2.24) is 19.9 Å². The van der Waals surface area contributed by atoms with E-state index in [2.05, 4.69) is 70.9 Å². The molecule has 6 rings (SSSR count). The number of benzene rings is 2. The van der Waals surface area contributed by atoms with Gasteiger partial charge in [0.1, 0.15) is 17.3 Å². The van der Waals surface area contributed by atoms with Crippen LogP contribution in [0.25, 0.3) is 5.82 Å². The van der Waals surface area contributed by atoms with Gasteiger partial charge in [0.25, 0.3) is 0 Å². The second-order valence-electron chi connectivity index (χ2n) is 10.2.